The first kappa shape index (κ1) is 17.7. The van der Waals surface area contributed by atoms with Crippen LogP contribution in [0.15, 0.2) is 54.7 Å². The van der Waals surface area contributed by atoms with Crippen molar-refractivity contribution in [3.63, 3.8) is 0 Å². The van der Waals surface area contributed by atoms with E-state index in [0.29, 0.717) is 0 Å². The molecule has 0 aliphatic rings. The normalized spacial score (nSPS) is 12.5. The lowest BCUT2D eigenvalue weighted by molar-refractivity contribution is 0.592. The van der Waals surface area contributed by atoms with Gasteiger partial charge in [0.1, 0.15) is 0 Å². The summed E-state index contributed by atoms with van der Waals surface area (Å²) in [6.07, 6.45) is 28.5. The standard InChI is InChI=1S/C19H29/c1-3-5-7-9-11-13-15-17-19-18-16-14-12-10-8-6-4-2/h1,3,5,7,9,11,13,15,17,19H,4,6,8,10,12,14,16,18H2,2H3/b3-1?,7-5+,11-9+,15-13+,19-17+. The van der Waals surface area contributed by atoms with Gasteiger partial charge in [-0.05, 0) is 12.8 Å². The number of allylic oxidation sites excluding steroid dienone is 9. The third kappa shape index (κ3) is 16.7. The van der Waals surface area contributed by atoms with E-state index >= 15 is 0 Å². The molecule has 0 rings (SSSR count). The molecule has 0 aliphatic heterocycles. The first-order valence-corrected chi connectivity index (χ1v) is 7.62. The van der Waals surface area contributed by atoms with Crippen molar-refractivity contribution in [2.45, 2.75) is 58.3 Å². The topological polar surface area (TPSA) is 0 Å². The molecule has 105 valence electrons. The second-order valence-corrected chi connectivity index (χ2v) is 4.69. The Morgan fingerprint density at radius 1 is 0.632 bits per heavy atom. The Labute approximate surface area is 120 Å². The SMILES string of the molecule is [CH]=C/C=C/C=C/C=C/C=C/CCCCCCCCC. The van der Waals surface area contributed by atoms with Gasteiger partial charge in [0.05, 0.1) is 0 Å². The summed E-state index contributed by atoms with van der Waals surface area (Å²) in [5.74, 6) is 0. The first-order valence-electron chi connectivity index (χ1n) is 7.62. The monoisotopic (exact) mass is 257 g/mol. The molecule has 0 heteroatoms. The van der Waals surface area contributed by atoms with Gasteiger partial charge >= 0.3 is 0 Å². The second-order valence-electron chi connectivity index (χ2n) is 4.69. The third-order valence-electron chi connectivity index (χ3n) is 2.89. The van der Waals surface area contributed by atoms with Gasteiger partial charge in [-0.2, -0.15) is 0 Å². The molecule has 0 aromatic rings. The highest BCUT2D eigenvalue weighted by Crippen LogP contribution is 2.08. The average Bonchev–Trinajstić information content (AvgIpc) is 2.43. The van der Waals surface area contributed by atoms with Gasteiger partial charge in [0.25, 0.3) is 0 Å². The van der Waals surface area contributed by atoms with Crippen LogP contribution in [0.1, 0.15) is 58.3 Å². The zero-order valence-electron chi connectivity index (χ0n) is 12.4. The summed E-state index contributed by atoms with van der Waals surface area (Å²) in [4.78, 5) is 0. The Morgan fingerprint density at radius 2 is 1.16 bits per heavy atom. The van der Waals surface area contributed by atoms with Crippen molar-refractivity contribution >= 4 is 0 Å². The number of hydrogen-bond donors (Lipinski definition) is 0. The maximum Gasteiger partial charge on any atom is -0.0348 e. The van der Waals surface area contributed by atoms with Crippen LogP contribution < -0.4 is 0 Å². The van der Waals surface area contributed by atoms with Gasteiger partial charge in [0, 0.05) is 0 Å². The molecule has 0 heterocycles. The van der Waals surface area contributed by atoms with E-state index in [-0.39, 0.29) is 0 Å². The summed E-state index contributed by atoms with van der Waals surface area (Å²) in [7, 11) is 0. The lowest BCUT2D eigenvalue weighted by atomic mass is 10.1. The van der Waals surface area contributed by atoms with Crippen LogP contribution in [0.2, 0.25) is 0 Å². The highest BCUT2D eigenvalue weighted by molar-refractivity contribution is 5.16. The maximum absolute atomic E-state index is 5.21. The maximum atomic E-state index is 5.21. The molecule has 0 amide bonds. The summed E-state index contributed by atoms with van der Waals surface area (Å²) in [6.45, 7) is 7.47. The zero-order chi connectivity index (χ0) is 14.0. The fraction of sp³-hybridized carbons (Fsp3) is 0.474. The van der Waals surface area contributed by atoms with Crippen LogP contribution in [0.5, 0.6) is 0 Å². The van der Waals surface area contributed by atoms with E-state index in [1.165, 1.54) is 57.4 Å². The van der Waals surface area contributed by atoms with Crippen LogP contribution in [0.3, 0.4) is 0 Å². The quantitative estimate of drug-likeness (QED) is 0.282. The van der Waals surface area contributed by atoms with Crippen LogP contribution in [0, 0.1) is 6.58 Å². The van der Waals surface area contributed by atoms with Crippen LogP contribution >= 0.6 is 0 Å². The van der Waals surface area contributed by atoms with Crippen LogP contribution in [-0.2, 0) is 0 Å². The van der Waals surface area contributed by atoms with Gasteiger partial charge < -0.3 is 0 Å². The van der Waals surface area contributed by atoms with Crippen LogP contribution in [0.4, 0.5) is 0 Å². The third-order valence-corrected chi connectivity index (χ3v) is 2.89. The molecule has 0 atom stereocenters. The van der Waals surface area contributed by atoms with E-state index in [1.54, 1.807) is 6.08 Å². The summed E-state index contributed by atoms with van der Waals surface area (Å²) in [5, 5.41) is 0. The van der Waals surface area contributed by atoms with E-state index < -0.39 is 0 Å². The Balaban J connectivity index is 3.34. The van der Waals surface area contributed by atoms with Gasteiger partial charge in [0.15, 0.2) is 0 Å². The molecule has 0 aromatic carbocycles. The van der Waals surface area contributed by atoms with Crippen molar-refractivity contribution in [1.82, 2.24) is 0 Å². The zero-order valence-corrected chi connectivity index (χ0v) is 12.4. The largest absolute Gasteiger partial charge is 0.0845 e. The van der Waals surface area contributed by atoms with Gasteiger partial charge in [-0.3, -0.25) is 0 Å². The Morgan fingerprint density at radius 3 is 1.79 bits per heavy atom. The fourth-order valence-corrected chi connectivity index (χ4v) is 1.78. The minimum Gasteiger partial charge on any atom is -0.0845 e. The second kappa shape index (κ2) is 16.7. The number of hydrogen-bond acceptors (Lipinski definition) is 0. The first-order chi connectivity index (χ1) is 9.41. The molecule has 0 N–H and O–H groups in total. The molecule has 0 nitrogen and oxygen atoms in total. The fourth-order valence-electron chi connectivity index (χ4n) is 1.78. The van der Waals surface area contributed by atoms with E-state index in [1.807, 2.05) is 24.3 Å². The molecule has 19 heavy (non-hydrogen) atoms. The van der Waals surface area contributed by atoms with Crippen LogP contribution in [-0.4, -0.2) is 0 Å². The highest BCUT2D eigenvalue weighted by atomic mass is 13.9. The van der Waals surface area contributed by atoms with E-state index in [0.717, 1.165) is 0 Å². The summed E-state index contributed by atoms with van der Waals surface area (Å²) in [6, 6.07) is 0. The molecule has 0 fully saturated rings. The summed E-state index contributed by atoms with van der Waals surface area (Å²) >= 11 is 0. The van der Waals surface area contributed by atoms with E-state index in [4.69, 9.17) is 6.58 Å². The number of rotatable bonds is 12. The average molecular weight is 257 g/mol. The molecule has 0 saturated heterocycles. The lowest BCUT2D eigenvalue weighted by Gasteiger charge is -1.98. The highest BCUT2D eigenvalue weighted by Gasteiger charge is 1.88. The molecule has 0 bridgehead atoms. The van der Waals surface area contributed by atoms with Crippen molar-refractivity contribution in [3.8, 4) is 0 Å². The lowest BCUT2D eigenvalue weighted by Crippen LogP contribution is -1.78. The van der Waals surface area contributed by atoms with Crippen molar-refractivity contribution in [3.05, 3.63) is 61.3 Å². The predicted octanol–water partition coefficient (Wildman–Crippen LogP) is 6.34. The molecule has 0 saturated carbocycles. The Hall–Kier alpha value is -1.30. The minimum atomic E-state index is 1.20. The van der Waals surface area contributed by atoms with E-state index in [9.17, 15) is 0 Å². The molecule has 0 aliphatic carbocycles. The molecule has 0 unspecified atom stereocenters. The van der Waals surface area contributed by atoms with Crippen molar-refractivity contribution in [2.75, 3.05) is 0 Å². The van der Waals surface area contributed by atoms with Gasteiger partial charge in [0.2, 0.25) is 0 Å². The van der Waals surface area contributed by atoms with Crippen molar-refractivity contribution in [1.29, 1.82) is 0 Å². The van der Waals surface area contributed by atoms with Crippen LogP contribution in [0.25, 0.3) is 0 Å². The Kier molecular flexibility index (Phi) is 15.6. The predicted molar refractivity (Wildman–Crippen MR) is 88.0 cm³/mol. The Bertz CT molecular complexity index is 289. The smallest absolute Gasteiger partial charge is 0.0348 e. The molecular formula is C19H29. The van der Waals surface area contributed by atoms with Gasteiger partial charge in [-0.1, -0.05) is 107 Å². The molecule has 0 aromatic heterocycles. The minimum absolute atomic E-state index is 1.20. The van der Waals surface area contributed by atoms with Crippen molar-refractivity contribution < 1.29 is 0 Å². The molecule has 1 radical (unpaired) electrons. The van der Waals surface area contributed by atoms with Crippen molar-refractivity contribution in [2.24, 2.45) is 0 Å². The van der Waals surface area contributed by atoms with E-state index in [2.05, 4.69) is 25.2 Å². The summed E-state index contributed by atoms with van der Waals surface area (Å²) < 4.78 is 0. The molecular weight excluding hydrogens is 228 g/mol. The van der Waals surface area contributed by atoms with Gasteiger partial charge in [-0.25, -0.2) is 0 Å². The number of unbranched alkanes of at least 4 members (excludes halogenated alkanes) is 7. The summed E-state index contributed by atoms with van der Waals surface area (Å²) in [5.41, 5.74) is 0. The van der Waals surface area contributed by atoms with Gasteiger partial charge in [-0.15, -0.1) is 0 Å². The molecule has 0 spiro atoms.